The molecule has 3 N–H and O–H groups in total. The van der Waals surface area contributed by atoms with E-state index < -0.39 is 0 Å². The van der Waals surface area contributed by atoms with Gasteiger partial charge in [0.05, 0.1) is 0 Å². The number of rotatable bonds is 5. The molecule has 1 aliphatic heterocycles. The number of anilines is 2. The first kappa shape index (κ1) is 15.5. The summed E-state index contributed by atoms with van der Waals surface area (Å²) in [5.41, 5.74) is 7.22. The van der Waals surface area contributed by atoms with Crippen molar-refractivity contribution in [2.75, 3.05) is 16.8 Å². The van der Waals surface area contributed by atoms with E-state index in [1.165, 1.54) is 0 Å². The summed E-state index contributed by atoms with van der Waals surface area (Å²) in [6.07, 6.45) is 3.66. The van der Waals surface area contributed by atoms with Gasteiger partial charge in [0.25, 0.3) is 0 Å². The van der Waals surface area contributed by atoms with Crippen molar-refractivity contribution in [3.05, 3.63) is 24.3 Å². The van der Waals surface area contributed by atoms with Crippen LogP contribution in [0.4, 0.5) is 11.4 Å². The van der Waals surface area contributed by atoms with Crippen LogP contribution in [0, 0.1) is 0 Å². The zero-order valence-corrected chi connectivity index (χ0v) is 12.5. The first-order valence-electron chi connectivity index (χ1n) is 7.52. The van der Waals surface area contributed by atoms with Gasteiger partial charge in [-0.25, -0.2) is 0 Å². The summed E-state index contributed by atoms with van der Waals surface area (Å²) in [7, 11) is 0. The third kappa shape index (κ3) is 4.56. The molecule has 0 saturated carbocycles. The highest BCUT2D eigenvalue weighted by Crippen LogP contribution is 2.24. The Labute approximate surface area is 125 Å². The van der Waals surface area contributed by atoms with Crippen LogP contribution in [0.5, 0.6) is 0 Å². The molecule has 1 aromatic rings. The van der Waals surface area contributed by atoms with E-state index in [-0.39, 0.29) is 17.9 Å². The predicted molar refractivity (Wildman–Crippen MR) is 84.2 cm³/mol. The average molecular weight is 289 g/mol. The zero-order chi connectivity index (χ0) is 15.2. The number of carbonyl (C=O) groups is 2. The minimum absolute atomic E-state index is 0.0213. The Morgan fingerprint density at radius 3 is 2.95 bits per heavy atom. The quantitative estimate of drug-likeness (QED) is 0.873. The van der Waals surface area contributed by atoms with Crippen molar-refractivity contribution in [3.63, 3.8) is 0 Å². The van der Waals surface area contributed by atoms with E-state index in [1.54, 1.807) is 4.90 Å². The van der Waals surface area contributed by atoms with Crippen molar-refractivity contribution in [2.45, 2.75) is 45.1 Å². The highest BCUT2D eigenvalue weighted by Gasteiger charge is 2.19. The lowest BCUT2D eigenvalue weighted by Crippen LogP contribution is -2.35. The van der Waals surface area contributed by atoms with Crippen molar-refractivity contribution in [2.24, 2.45) is 5.73 Å². The van der Waals surface area contributed by atoms with E-state index in [4.69, 9.17) is 5.73 Å². The number of nitrogens with two attached hydrogens (primary N) is 1. The molecule has 0 spiro atoms. The molecular formula is C16H23N3O2. The largest absolute Gasteiger partial charge is 0.328 e. The van der Waals surface area contributed by atoms with Gasteiger partial charge >= 0.3 is 0 Å². The summed E-state index contributed by atoms with van der Waals surface area (Å²) in [4.78, 5) is 25.5. The maximum Gasteiger partial charge on any atom is 0.226 e. The van der Waals surface area contributed by atoms with Crippen LogP contribution in [0.3, 0.4) is 0 Å². The van der Waals surface area contributed by atoms with Crippen LogP contribution in [-0.4, -0.2) is 24.4 Å². The monoisotopic (exact) mass is 289 g/mol. The zero-order valence-electron chi connectivity index (χ0n) is 12.5. The molecule has 1 unspecified atom stereocenters. The highest BCUT2D eigenvalue weighted by atomic mass is 16.2. The smallest absolute Gasteiger partial charge is 0.226 e. The first-order chi connectivity index (χ1) is 10.1. The third-order valence-electron chi connectivity index (χ3n) is 3.59. The fraction of sp³-hybridized carbons (Fsp3) is 0.500. The summed E-state index contributed by atoms with van der Waals surface area (Å²) >= 11 is 0. The van der Waals surface area contributed by atoms with Gasteiger partial charge in [-0.2, -0.15) is 0 Å². The van der Waals surface area contributed by atoms with Crippen LogP contribution >= 0.6 is 0 Å². The van der Waals surface area contributed by atoms with Gasteiger partial charge in [-0.1, -0.05) is 6.07 Å². The van der Waals surface area contributed by atoms with E-state index >= 15 is 0 Å². The number of amides is 2. The highest BCUT2D eigenvalue weighted by molar-refractivity contribution is 5.96. The molecule has 114 valence electrons. The molecule has 1 aliphatic rings. The van der Waals surface area contributed by atoms with Gasteiger partial charge in [0.1, 0.15) is 0 Å². The van der Waals surface area contributed by atoms with Crippen LogP contribution in [0.25, 0.3) is 0 Å². The standard InChI is InChI=1S/C16H23N3O2/c1-12(17)8-9-15(20)18-13-5-4-6-14(11-13)19-10-3-2-7-16(19)21/h4-6,11-12H,2-3,7-10,17H2,1H3,(H,18,20). The number of hydrogen-bond donors (Lipinski definition) is 2. The van der Waals surface area contributed by atoms with Gasteiger partial charge in [-0.3, -0.25) is 9.59 Å². The molecule has 1 heterocycles. The SMILES string of the molecule is CC(N)CCC(=O)Nc1cccc(N2CCCCC2=O)c1. The van der Waals surface area contributed by atoms with Crippen molar-refractivity contribution >= 4 is 23.2 Å². The predicted octanol–water partition coefficient (Wildman–Crippen LogP) is 2.27. The maximum atomic E-state index is 11.9. The topological polar surface area (TPSA) is 75.4 Å². The van der Waals surface area contributed by atoms with Gasteiger partial charge in [-0.05, 0) is 44.4 Å². The number of nitrogens with zero attached hydrogens (tertiary/aromatic N) is 1. The van der Waals surface area contributed by atoms with E-state index in [2.05, 4.69) is 5.32 Å². The average Bonchev–Trinajstić information content (AvgIpc) is 2.46. The molecule has 1 saturated heterocycles. The Kier molecular flexibility index (Phi) is 5.33. The Morgan fingerprint density at radius 1 is 1.43 bits per heavy atom. The van der Waals surface area contributed by atoms with Crippen molar-refractivity contribution < 1.29 is 9.59 Å². The second-order valence-corrected chi connectivity index (χ2v) is 5.62. The molecule has 0 bridgehead atoms. The molecule has 2 amide bonds. The first-order valence-corrected chi connectivity index (χ1v) is 7.52. The van der Waals surface area contributed by atoms with Crippen LogP contribution in [0.2, 0.25) is 0 Å². The van der Waals surface area contributed by atoms with Gasteiger partial charge in [-0.15, -0.1) is 0 Å². The van der Waals surface area contributed by atoms with Crippen molar-refractivity contribution in [1.29, 1.82) is 0 Å². The summed E-state index contributed by atoms with van der Waals surface area (Å²) in [5.74, 6) is 0.108. The second-order valence-electron chi connectivity index (χ2n) is 5.62. The van der Waals surface area contributed by atoms with Crippen LogP contribution in [0.15, 0.2) is 24.3 Å². The number of benzene rings is 1. The number of piperidine rings is 1. The Hall–Kier alpha value is -1.88. The molecule has 1 atom stereocenters. The molecule has 2 rings (SSSR count). The molecule has 21 heavy (non-hydrogen) atoms. The Bertz CT molecular complexity index is 514. The molecule has 0 aromatic heterocycles. The molecule has 1 fully saturated rings. The minimum atomic E-state index is -0.0468. The molecule has 5 heteroatoms. The van der Waals surface area contributed by atoms with Crippen molar-refractivity contribution in [1.82, 2.24) is 0 Å². The van der Waals surface area contributed by atoms with Gasteiger partial charge in [0.15, 0.2) is 0 Å². The third-order valence-corrected chi connectivity index (χ3v) is 3.59. The maximum absolute atomic E-state index is 11.9. The normalized spacial score (nSPS) is 16.7. The van der Waals surface area contributed by atoms with Crippen LogP contribution in [0.1, 0.15) is 39.0 Å². The van der Waals surface area contributed by atoms with E-state index in [9.17, 15) is 9.59 Å². The molecule has 0 aliphatic carbocycles. The van der Waals surface area contributed by atoms with Crippen molar-refractivity contribution in [3.8, 4) is 0 Å². The van der Waals surface area contributed by atoms with Crippen LogP contribution in [-0.2, 0) is 9.59 Å². The Morgan fingerprint density at radius 2 is 2.24 bits per heavy atom. The minimum Gasteiger partial charge on any atom is -0.328 e. The summed E-state index contributed by atoms with van der Waals surface area (Å²) in [5, 5.41) is 2.86. The van der Waals surface area contributed by atoms with Gasteiger partial charge in [0.2, 0.25) is 11.8 Å². The number of nitrogens with one attached hydrogen (secondary N) is 1. The molecule has 1 aromatic carbocycles. The summed E-state index contributed by atoms with van der Waals surface area (Å²) in [6, 6.07) is 7.47. The number of carbonyl (C=O) groups excluding carboxylic acids is 2. The van der Waals surface area contributed by atoms with Gasteiger partial charge in [0, 0.05) is 36.8 Å². The lowest BCUT2D eigenvalue weighted by atomic mass is 10.1. The van der Waals surface area contributed by atoms with E-state index in [1.807, 2.05) is 31.2 Å². The molecule has 5 nitrogen and oxygen atoms in total. The molecular weight excluding hydrogens is 266 g/mol. The van der Waals surface area contributed by atoms with E-state index in [0.717, 1.165) is 30.8 Å². The summed E-state index contributed by atoms with van der Waals surface area (Å²) in [6.45, 7) is 2.64. The van der Waals surface area contributed by atoms with Crippen LogP contribution < -0.4 is 16.0 Å². The second kappa shape index (κ2) is 7.22. The lowest BCUT2D eigenvalue weighted by Gasteiger charge is -2.27. The molecule has 0 radical (unpaired) electrons. The lowest BCUT2D eigenvalue weighted by molar-refractivity contribution is -0.119. The Balaban J connectivity index is 2.00. The van der Waals surface area contributed by atoms with E-state index in [0.29, 0.717) is 19.3 Å². The fourth-order valence-electron chi connectivity index (χ4n) is 2.41. The fourth-order valence-corrected chi connectivity index (χ4v) is 2.41. The van der Waals surface area contributed by atoms with Gasteiger partial charge < -0.3 is 16.0 Å². The summed E-state index contributed by atoms with van der Waals surface area (Å²) < 4.78 is 0. The number of hydrogen-bond acceptors (Lipinski definition) is 3.